The van der Waals surface area contributed by atoms with Gasteiger partial charge >= 0.3 is 0 Å². The number of imidazole rings is 1. The van der Waals surface area contributed by atoms with Crippen LogP contribution in [0.15, 0.2) is 48.8 Å². The third-order valence-corrected chi connectivity index (χ3v) is 4.03. The van der Waals surface area contributed by atoms with Gasteiger partial charge in [-0.3, -0.25) is 4.90 Å². The number of pyridine rings is 1. The molecule has 0 aliphatic heterocycles. The van der Waals surface area contributed by atoms with Crippen molar-refractivity contribution >= 4 is 5.65 Å². The van der Waals surface area contributed by atoms with E-state index in [1.807, 2.05) is 38.5 Å². The smallest absolute Gasteiger partial charge is 0.151 e. The van der Waals surface area contributed by atoms with Crippen molar-refractivity contribution in [1.29, 1.82) is 0 Å². The SMILES string of the molecule is CCC(Oc1ccc(-c2cn3cccc(C)c3n2)cc1)N(C)C. The van der Waals surface area contributed by atoms with E-state index in [4.69, 9.17) is 9.72 Å². The molecule has 0 aliphatic carbocycles. The van der Waals surface area contributed by atoms with Gasteiger partial charge in [0.1, 0.15) is 11.4 Å². The number of aryl methyl sites for hydroxylation is 1. The molecule has 1 aromatic carbocycles. The lowest BCUT2D eigenvalue weighted by Crippen LogP contribution is -2.32. The van der Waals surface area contributed by atoms with E-state index in [0.29, 0.717) is 0 Å². The van der Waals surface area contributed by atoms with Crippen LogP contribution in [-0.4, -0.2) is 34.6 Å². The molecular formula is C19H23N3O. The first-order chi connectivity index (χ1) is 11.1. The van der Waals surface area contributed by atoms with Crippen LogP contribution in [0.1, 0.15) is 18.9 Å². The fourth-order valence-electron chi connectivity index (χ4n) is 2.71. The van der Waals surface area contributed by atoms with Gasteiger partial charge in [-0.2, -0.15) is 0 Å². The Kier molecular flexibility index (Phi) is 4.35. The molecule has 2 aromatic heterocycles. The van der Waals surface area contributed by atoms with Crippen LogP contribution in [0.5, 0.6) is 5.75 Å². The average molecular weight is 309 g/mol. The van der Waals surface area contributed by atoms with E-state index in [2.05, 4.69) is 47.5 Å². The number of aromatic nitrogens is 2. The van der Waals surface area contributed by atoms with Crippen LogP contribution in [-0.2, 0) is 0 Å². The highest BCUT2D eigenvalue weighted by Gasteiger charge is 2.11. The van der Waals surface area contributed by atoms with E-state index in [-0.39, 0.29) is 6.23 Å². The van der Waals surface area contributed by atoms with Gasteiger partial charge in [-0.15, -0.1) is 0 Å². The van der Waals surface area contributed by atoms with Crippen molar-refractivity contribution in [3.63, 3.8) is 0 Å². The second kappa shape index (κ2) is 6.42. The first-order valence-corrected chi connectivity index (χ1v) is 7.96. The molecule has 0 saturated carbocycles. The molecule has 0 fully saturated rings. The van der Waals surface area contributed by atoms with E-state index in [1.165, 1.54) is 5.56 Å². The Morgan fingerprint density at radius 1 is 1.17 bits per heavy atom. The minimum absolute atomic E-state index is 0.0960. The fourth-order valence-corrected chi connectivity index (χ4v) is 2.71. The topological polar surface area (TPSA) is 29.8 Å². The molecule has 3 rings (SSSR count). The summed E-state index contributed by atoms with van der Waals surface area (Å²) < 4.78 is 8.06. The van der Waals surface area contributed by atoms with Crippen LogP contribution in [0.4, 0.5) is 0 Å². The predicted molar refractivity (Wildman–Crippen MR) is 93.8 cm³/mol. The van der Waals surface area contributed by atoms with Crippen molar-refractivity contribution in [3.05, 3.63) is 54.4 Å². The molecule has 1 unspecified atom stereocenters. The third kappa shape index (κ3) is 3.22. The molecule has 0 radical (unpaired) electrons. The van der Waals surface area contributed by atoms with E-state index in [0.717, 1.165) is 29.1 Å². The Morgan fingerprint density at radius 3 is 2.52 bits per heavy atom. The second-order valence-corrected chi connectivity index (χ2v) is 6.02. The van der Waals surface area contributed by atoms with Crippen molar-refractivity contribution in [2.24, 2.45) is 0 Å². The highest BCUT2D eigenvalue weighted by Crippen LogP contribution is 2.24. The third-order valence-electron chi connectivity index (χ3n) is 4.03. The predicted octanol–water partition coefficient (Wildman–Crippen LogP) is 3.99. The summed E-state index contributed by atoms with van der Waals surface area (Å²) in [6, 6.07) is 12.3. The molecule has 0 bridgehead atoms. The number of hydrogen-bond acceptors (Lipinski definition) is 3. The Hall–Kier alpha value is -2.33. The Bertz CT molecular complexity index is 790. The summed E-state index contributed by atoms with van der Waals surface area (Å²) in [5.41, 5.74) is 4.25. The lowest BCUT2D eigenvalue weighted by Gasteiger charge is -2.24. The van der Waals surface area contributed by atoms with Crippen LogP contribution >= 0.6 is 0 Å². The molecule has 23 heavy (non-hydrogen) atoms. The summed E-state index contributed by atoms with van der Waals surface area (Å²) in [6.45, 7) is 4.20. The fraction of sp³-hybridized carbons (Fsp3) is 0.316. The van der Waals surface area contributed by atoms with Crippen LogP contribution in [0.25, 0.3) is 16.9 Å². The molecular weight excluding hydrogens is 286 g/mol. The number of benzene rings is 1. The van der Waals surface area contributed by atoms with Crippen molar-refractivity contribution in [2.45, 2.75) is 26.5 Å². The van der Waals surface area contributed by atoms with Crippen molar-refractivity contribution < 1.29 is 4.74 Å². The summed E-state index contributed by atoms with van der Waals surface area (Å²) in [7, 11) is 4.06. The van der Waals surface area contributed by atoms with Gasteiger partial charge in [0.05, 0.1) is 5.69 Å². The molecule has 0 amide bonds. The maximum atomic E-state index is 5.99. The molecule has 4 heteroatoms. The molecule has 0 aliphatic rings. The maximum Gasteiger partial charge on any atom is 0.151 e. The largest absolute Gasteiger partial charge is 0.475 e. The van der Waals surface area contributed by atoms with Crippen LogP contribution in [0.2, 0.25) is 0 Å². The molecule has 0 saturated heterocycles. The molecule has 0 N–H and O–H groups in total. The van der Waals surface area contributed by atoms with Crippen molar-refractivity contribution in [1.82, 2.24) is 14.3 Å². The quantitative estimate of drug-likeness (QED) is 0.668. The molecule has 0 spiro atoms. The van der Waals surface area contributed by atoms with E-state index >= 15 is 0 Å². The maximum absolute atomic E-state index is 5.99. The highest BCUT2D eigenvalue weighted by atomic mass is 16.5. The van der Waals surface area contributed by atoms with Gasteiger partial charge in [0.25, 0.3) is 0 Å². The lowest BCUT2D eigenvalue weighted by atomic mass is 10.1. The molecule has 120 valence electrons. The van der Waals surface area contributed by atoms with Gasteiger partial charge in [0.15, 0.2) is 6.23 Å². The Morgan fingerprint density at radius 2 is 1.91 bits per heavy atom. The standard InChI is InChI=1S/C19H23N3O/c1-5-18(21(3)4)23-16-10-8-15(9-11-16)17-13-22-12-6-7-14(2)19(22)20-17/h6-13,18H,5H2,1-4H3. The van der Waals surface area contributed by atoms with Gasteiger partial charge in [-0.1, -0.05) is 13.0 Å². The zero-order valence-corrected chi connectivity index (χ0v) is 14.2. The number of fused-ring (bicyclic) bond motifs is 1. The summed E-state index contributed by atoms with van der Waals surface area (Å²) >= 11 is 0. The first kappa shape index (κ1) is 15.6. The summed E-state index contributed by atoms with van der Waals surface area (Å²) in [5, 5.41) is 0. The van der Waals surface area contributed by atoms with Crippen LogP contribution in [0, 0.1) is 6.92 Å². The number of nitrogens with zero attached hydrogens (tertiary/aromatic N) is 3. The summed E-state index contributed by atoms with van der Waals surface area (Å²) in [4.78, 5) is 6.81. The molecule has 3 aromatic rings. The minimum atomic E-state index is 0.0960. The van der Waals surface area contributed by atoms with Gasteiger partial charge in [0.2, 0.25) is 0 Å². The summed E-state index contributed by atoms with van der Waals surface area (Å²) in [5.74, 6) is 0.884. The Labute approximate surface area is 137 Å². The number of ether oxygens (including phenoxy) is 1. The van der Waals surface area contributed by atoms with Crippen LogP contribution < -0.4 is 4.74 Å². The van der Waals surface area contributed by atoms with Crippen molar-refractivity contribution in [2.75, 3.05) is 14.1 Å². The van der Waals surface area contributed by atoms with Crippen molar-refractivity contribution in [3.8, 4) is 17.0 Å². The Balaban J connectivity index is 1.85. The summed E-state index contributed by atoms with van der Waals surface area (Å²) in [6.07, 6.45) is 5.13. The average Bonchev–Trinajstić information content (AvgIpc) is 2.98. The van der Waals surface area contributed by atoms with Gasteiger partial charge in [-0.25, -0.2) is 4.98 Å². The molecule has 1 atom stereocenters. The van der Waals surface area contributed by atoms with Crippen LogP contribution in [0.3, 0.4) is 0 Å². The highest BCUT2D eigenvalue weighted by molar-refractivity contribution is 5.64. The molecule has 4 nitrogen and oxygen atoms in total. The molecule has 2 heterocycles. The lowest BCUT2D eigenvalue weighted by molar-refractivity contribution is 0.0613. The number of hydrogen-bond donors (Lipinski definition) is 0. The van der Waals surface area contributed by atoms with Gasteiger partial charge in [0, 0.05) is 18.0 Å². The number of rotatable bonds is 5. The van der Waals surface area contributed by atoms with E-state index in [9.17, 15) is 0 Å². The zero-order chi connectivity index (χ0) is 16.4. The van der Waals surface area contributed by atoms with E-state index < -0.39 is 0 Å². The first-order valence-electron chi connectivity index (χ1n) is 7.96. The second-order valence-electron chi connectivity index (χ2n) is 6.02. The monoisotopic (exact) mass is 309 g/mol. The zero-order valence-electron chi connectivity index (χ0n) is 14.2. The van der Waals surface area contributed by atoms with Gasteiger partial charge in [-0.05, 0) is 63.3 Å². The normalized spacial score (nSPS) is 12.7. The van der Waals surface area contributed by atoms with E-state index in [1.54, 1.807) is 0 Å². The van der Waals surface area contributed by atoms with Gasteiger partial charge < -0.3 is 9.14 Å². The minimum Gasteiger partial charge on any atom is -0.475 e.